The Morgan fingerprint density at radius 3 is 2.52 bits per heavy atom. The van der Waals surface area contributed by atoms with Gasteiger partial charge in [0.25, 0.3) is 5.76 Å². The summed E-state index contributed by atoms with van der Waals surface area (Å²) >= 11 is 0.113. The Hall–Kier alpha value is -1.59. The lowest BCUT2D eigenvalue weighted by Gasteiger charge is -2.17. The van der Waals surface area contributed by atoms with E-state index in [-0.39, 0.29) is 23.9 Å². The number of aromatic amines is 1. The second kappa shape index (κ2) is 8.00. The standard InChI is InChI=1S/C10H13BF2N2O5S/c12-10(13)21-4-8(16)15-7(11(19)20)3-5-1-2-6(14-5)9(17)18/h1-2,7,10,14,19-20H,3-4H2,(H,15,16)(H,17,18)/t7-/m1/s1. The van der Waals surface area contributed by atoms with Crippen LogP contribution in [0.15, 0.2) is 12.1 Å². The summed E-state index contributed by atoms with van der Waals surface area (Å²) in [6, 6.07) is 2.70. The zero-order chi connectivity index (χ0) is 16.0. The lowest BCUT2D eigenvalue weighted by atomic mass is 9.77. The van der Waals surface area contributed by atoms with Gasteiger partial charge in [-0.2, -0.15) is 8.78 Å². The van der Waals surface area contributed by atoms with Gasteiger partial charge in [-0.15, -0.1) is 0 Å². The van der Waals surface area contributed by atoms with Crippen LogP contribution in [0.4, 0.5) is 8.78 Å². The average molecular weight is 322 g/mol. The van der Waals surface area contributed by atoms with Crippen molar-refractivity contribution in [3.8, 4) is 0 Å². The minimum absolute atomic E-state index is 0.0873. The van der Waals surface area contributed by atoms with Crippen LogP contribution < -0.4 is 5.32 Å². The molecule has 0 aliphatic rings. The van der Waals surface area contributed by atoms with Gasteiger partial charge in [0.2, 0.25) is 5.91 Å². The molecule has 1 amide bonds. The Morgan fingerprint density at radius 2 is 2.05 bits per heavy atom. The number of nitrogens with one attached hydrogen (secondary N) is 2. The lowest BCUT2D eigenvalue weighted by Crippen LogP contribution is -2.48. The average Bonchev–Trinajstić information content (AvgIpc) is 2.84. The minimum atomic E-state index is -2.70. The van der Waals surface area contributed by atoms with Gasteiger partial charge >= 0.3 is 13.1 Å². The number of alkyl halides is 2. The Bertz CT molecular complexity index is 500. The van der Waals surface area contributed by atoms with Gasteiger partial charge in [0.1, 0.15) is 5.69 Å². The van der Waals surface area contributed by atoms with E-state index in [0.29, 0.717) is 5.69 Å². The highest BCUT2D eigenvalue weighted by Gasteiger charge is 2.26. The quantitative estimate of drug-likeness (QED) is 0.419. The molecular weight excluding hydrogens is 309 g/mol. The summed E-state index contributed by atoms with van der Waals surface area (Å²) in [5.74, 6) is -6.32. The molecule has 1 aromatic rings. The Morgan fingerprint density at radius 1 is 1.38 bits per heavy atom. The molecule has 0 spiro atoms. The molecule has 0 saturated carbocycles. The third kappa shape index (κ3) is 6.15. The van der Waals surface area contributed by atoms with E-state index < -0.39 is 36.4 Å². The van der Waals surface area contributed by atoms with Gasteiger partial charge in [-0.3, -0.25) is 4.79 Å². The van der Waals surface area contributed by atoms with Crippen LogP contribution in [0.1, 0.15) is 16.2 Å². The maximum Gasteiger partial charge on any atom is 0.475 e. The Balaban J connectivity index is 2.60. The summed E-state index contributed by atoms with van der Waals surface area (Å²) in [7, 11) is -1.91. The van der Waals surface area contributed by atoms with Crippen LogP contribution in [-0.2, 0) is 11.2 Å². The third-order valence-corrected chi connectivity index (χ3v) is 3.14. The number of hydrogen-bond acceptors (Lipinski definition) is 5. The fourth-order valence-electron chi connectivity index (χ4n) is 1.54. The second-order valence-electron chi connectivity index (χ2n) is 4.07. The number of carbonyl (C=O) groups is 2. The van der Waals surface area contributed by atoms with E-state index in [1.165, 1.54) is 12.1 Å². The zero-order valence-corrected chi connectivity index (χ0v) is 11.4. The van der Waals surface area contributed by atoms with Crippen molar-refractivity contribution in [2.45, 2.75) is 18.1 Å². The molecule has 0 saturated heterocycles. The molecule has 0 bridgehead atoms. The van der Waals surface area contributed by atoms with Gasteiger partial charge in [0.05, 0.1) is 11.7 Å². The minimum Gasteiger partial charge on any atom is -0.477 e. The Kier molecular flexibility index (Phi) is 6.66. The van der Waals surface area contributed by atoms with Crippen LogP contribution in [0.25, 0.3) is 0 Å². The van der Waals surface area contributed by atoms with Crippen LogP contribution >= 0.6 is 11.8 Å². The van der Waals surface area contributed by atoms with Gasteiger partial charge in [-0.1, -0.05) is 11.8 Å². The number of carbonyl (C=O) groups excluding carboxylic acids is 1. The number of carboxylic acid groups (broad SMARTS) is 1. The topological polar surface area (TPSA) is 123 Å². The van der Waals surface area contributed by atoms with Crippen LogP contribution in [-0.4, -0.2) is 56.6 Å². The van der Waals surface area contributed by atoms with Gasteiger partial charge in [-0.25, -0.2) is 4.79 Å². The molecule has 7 nitrogen and oxygen atoms in total. The molecule has 0 fully saturated rings. The first kappa shape index (κ1) is 17.5. The number of aromatic nitrogens is 1. The number of amides is 1. The van der Waals surface area contributed by atoms with Crippen LogP contribution in [0.3, 0.4) is 0 Å². The molecular formula is C10H13BF2N2O5S. The fraction of sp³-hybridized carbons (Fsp3) is 0.400. The number of thioether (sulfide) groups is 1. The Labute approximate surface area is 122 Å². The van der Waals surface area contributed by atoms with Crippen LogP contribution in [0.2, 0.25) is 0 Å². The van der Waals surface area contributed by atoms with E-state index >= 15 is 0 Å². The van der Waals surface area contributed by atoms with Crippen LogP contribution in [0, 0.1) is 0 Å². The van der Waals surface area contributed by atoms with Gasteiger partial charge in [0, 0.05) is 12.1 Å². The third-order valence-electron chi connectivity index (χ3n) is 2.46. The number of H-pyrrole nitrogens is 1. The van der Waals surface area contributed by atoms with E-state index in [9.17, 15) is 28.4 Å². The number of rotatable bonds is 8. The monoisotopic (exact) mass is 322 g/mol. The van der Waals surface area contributed by atoms with E-state index in [2.05, 4.69) is 10.3 Å². The van der Waals surface area contributed by atoms with Crippen molar-refractivity contribution in [3.05, 3.63) is 23.5 Å². The maximum atomic E-state index is 11.9. The van der Waals surface area contributed by atoms with Gasteiger partial charge in [-0.05, 0) is 12.1 Å². The largest absolute Gasteiger partial charge is 0.477 e. The molecule has 1 atom stereocenters. The first-order chi connectivity index (χ1) is 9.79. The highest BCUT2D eigenvalue weighted by atomic mass is 32.2. The zero-order valence-electron chi connectivity index (χ0n) is 10.6. The summed E-state index contributed by atoms with van der Waals surface area (Å²) < 4.78 is 23.9. The molecule has 5 N–H and O–H groups in total. The first-order valence-electron chi connectivity index (χ1n) is 5.76. The fourth-order valence-corrected chi connectivity index (χ4v) is 1.90. The summed E-state index contributed by atoms with van der Waals surface area (Å²) in [5, 5.41) is 29.3. The molecule has 1 heterocycles. The number of aromatic carboxylic acids is 1. The highest BCUT2D eigenvalue weighted by molar-refractivity contribution is 8.00. The number of carboxylic acids is 1. The lowest BCUT2D eigenvalue weighted by molar-refractivity contribution is -0.119. The summed E-state index contributed by atoms with van der Waals surface area (Å²) in [5.41, 5.74) is 0.267. The predicted molar refractivity (Wildman–Crippen MR) is 72.0 cm³/mol. The number of hydrogen-bond donors (Lipinski definition) is 5. The molecule has 1 rings (SSSR count). The van der Waals surface area contributed by atoms with Crippen molar-refractivity contribution in [1.29, 1.82) is 0 Å². The first-order valence-corrected chi connectivity index (χ1v) is 6.81. The smallest absolute Gasteiger partial charge is 0.475 e. The van der Waals surface area contributed by atoms with Gasteiger partial charge < -0.3 is 25.5 Å². The van der Waals surface area contributed by atoms with E-state index in [0.717, 1.165) is 0 Å². The van der Waals surface area contributed by atoms with Crippen molar-refractivity contribution >= 4 is 30.8 Å². The van der Waals surface area contributed by atoms with Crippen molar-refractivity contribution in [3.63, 3.8) is 0 Å². The summed E-state index contributed by atoms with van der Waals surface area (Å²) in [6.07, 6.45) is -0.0873. The summed E-state index contributed by atoms with van der Waals surface area (Å²) in [6.45, 7) is 0. The summed E-state index contributed by atoms with van der Waals surface area (Å²) in [4.78, 5) is 24.6. The molecule has 21 heavy (non-hydrogen) atoms. The van der Waals surface area contributed by atoms with Crippen molar-refractivity contribution in [2.24, 2.45) is 0 Å². The van der Waals surface area contributed by atoms with Crippen LogP contribution in [0.5, 0.6) is 0 Å². The van der Waals surface area contributed by atoms with Crippen molar-refractivity contribution < 1.29 is 33.5 Å². The molecule has 0 aliphatic carbocycles. The SMILES string of the molecule is O=C(CSC(F)F)N[C@H](Cc1ccc(C(=O)O)[nH]1)B(O)O. The highest BCUT2D eigenvalue weighted by Crippen LogP contribution is 2.12. The predicted octanol–water partition coefficient (Wildman–Crippen LogP) is -0.292. The second-order valence-corrected chi connectivity index (χ2v) is 5.04. The van der Waals surface area contributed by atoms with Crippen molar-refractivity contribution in [1.82, 2.24) is 10.3 Å². The van der Waals surface area contributed by atoms with Gasteiger partial charge in [0.15, 0.2) is 0 Å². The van der Waals surface area contributed by atoms with E-state index in [1.54, 1.807) is 0 Å². The molecule has 0 unspecified atom stereocenters. The molecule has 116 valence electrons. The molecule has 0 radical (unpaired) electrons. The number of halogens is 2. The maximum absolute atomic E-state index is 11.9. The molecule has 0 aromatic carbocycles. The normalized spacial score (nSPS) is 12.2. The van der Waals surface area contributed by atoms with E-state index in [1.807, 2.05) is 0 Å². The van der Waals surface area contributed by atoms with Crippen molar-refractivity contribution in [2.75, 3.05) is 5.75 Å². The molecule has 0 aliphatic heterocycles. The molecule has 1 aromatic heterocycles. The molecule has 11 heteroatoms. The van der Waals surface area contributed by atoms with E-state index in [4.69, 9.17) is 5.11 Å².